The van der Waals surface area contributed by atoms with Crippen LogP contribution in [0.1, 0.15) is 23.3 Å². The van der Waals surface area contributed by atoms with E-state index in [1.165, 1.54) is 7.11 Å². The maximum Gasteiger partial charge on any atom is 0.404 e. The molecule has 2 aromatic rings. The van der Waals surface area contributed by atoms with Gasteiger partial charge in [-0.15, -0.1) is 10.2 Å². The first-order valence-corrected chi connectivity index (χ1v) is 6.03. The fraction of sp³-hybridized carbons (Fsp3) is 0.308. The zero-order chi connectivity index (χ0) is 14.4. The maximum atomic E-state index is 10.7. The second-order valence-electron chi connectivity index (χ2n) is 4.12. The Morgan fingerprint density at radius 1 is 1.40 bits per heavy atom. The summed E-state index contributed by atoms with van der Waals surface area (Å²) in [7, 11) is 1.53. The first-order chi connectivity index (χ1) is 9.70. The van der Waals surface area contributed by atoms with Crippen molar-refractivity contribution < 1.29 is 19.1 Å². The molecule has 0 bridgehead atoms. The molecule has 0 saturated heterocycles. The first-order valence-electron chi connectivity index (χ1n) is 6.03. The van der Waals surface area contributed by atoms with Crippen molar-refractivity contribution >= 4 is 6.09 Å². The van der Waals surface area contributed by atoms with Crippen molar-refractivity contribution in [3.63, 3.8) is 0 Å². The van der Waals surface area contributed by atoms with E-state index in [2.05, 4.69) is 15.5 Å². The summed E-state index contributed by atoms with van der Waals surface area (Å²) >= 11 is 0. The Bertz CT molecular complexity index is 556. The molecule has 7 nitrogen and oxygen atoms in total. The number of hydrogen-bond acceptors (Lipinski definition) is 5. The van der Waals surface area contributed by atoms with Crippen molar-refractivity contribution in [3.8, 4) is 0 Å². The minimum Gasteiger partial charge on any atom is -0.465 e. The molecule has 0 spiro atoms. The minimum absolute atomic E-state index is 0.161. The fourth-order valence-corrected chi connectivity index (χ4v) is 1.81. The van der Waals surface area contributed by atoms with E-state index >= 15 is 0 Å². The summed E-state index contributed by atoms with van der Waals surface area (Å²) in [6.45, 7) is 0.384. The van der Waals surface area contributed by atoms with Crippen LogP contribution in [-0.2, 0) is 11.3 Å². The van der Waals surface area contributed by atoms with E-state index in [-0.39, 0.29) is 19.1 Å². The molecule has 0 aliphatic carbocycles. The molecule has 0 radical (unpaired) electrons. The van der Waals surface area contributed by atoms with Gasteiger partial charge in [0.15, 0.2) is 0 Å². The van der Waals surface area contributed by atoms with E-state index in [4.69, 9.17) is 14.3 Å². The number of benzene rings is 1. The van der Waals surface area contributed by atoms with E-state index in [9.17, 15) is 4.79 Å². The third-order valence-electron chi connectivity index (χ3n) is 2.71. The van der Waals surface area contributed by atoms with Crippen LogP contribution in [0.3, 0.4) is 0 Å². The number of aromatic nitrogens is 2. The van der Waals surface area contributed by atoms with E-state index in [0.29, 0.717) is 11.8 Å². The molecule has 1 aromatic carbocycles. The summed E-state index contributed by atoms with van der Waals surface area (Å²) < 4.78 is 10.4. The summed E-state index contributed by atoms with van der Waals surface area (Å²) in [4.78, 5) is 10.7. The van der Waals surface area contributed by atoms with Crippen molar-refractivity contribution in [1.29, 1.82) is 0 Å². The van der Waals surface area contributed by atoms with Gasteiger partial charge in [-0.05, 0) is 5.56 Å². The predicted molar refractivity (Wildman–Crippen MR) is 69.3 cm³/mol. The van der Waals surface area contributed by atoms with Gasteiger partial charge in [-0.3, -0.25) is 0 Å². The number of hydrogen-bond donors (Lipinski definition) is 2. The molecule has 0 aliphatic heterocycles. The molecule has 0 saturated carbocycles. The Hall–Kier alpha value is -2.41. The number of methoxy groups -OCH3 is 1. The molecule has 20 heavy (non-hydrogen) atoms. The van der Waals surface area contributed by atoms with Gasteiger partial charge in [-0.2, -0.15) is 0 Å². The van der Waals surface area contributed by atoms with Gasteiger partial charge < -0.3 is 19.6 Å². The zero-order valence-corrected chi connectivity index (χ0v) is 10.9. The van der Waals surface area contributed by atoms with Crippen LogP contribution in [0.2, 0.25) is 0 Å². The molecule has 1 amide bonds. The Morgan fingerprint density at radius 2 is 2.15 bits per heavy atom. The lowest BCUT2D eigenvalue weighted by Crippen LogP contribution is -2.27. The van der Waals surface area contributed by atoms with Gasteiger partial charge in [0.25, 0.3) is 0 Å². The number of carboxylic acid groups (broad SMARTS) is 1. The Balaban J connectivity index is 2.23. The van der Waals surface area contributed by atoms with Crippen LogP contribution in [0.15, 0.2) is 34.7 Å². The first kappa shape index (κ1) is 14.0. The van der Waals surface area contributed by atoms with Crippen molar-refractivity contribution in [2.45, 2.75) is 12.5 Å². The minimum atomic E-state index is -1.09. The van der Waals surface area contributed by atoms with Gasteiger partial charge in [0.05, 0.1) is 5.92 Å². The van der Waals surface area contributed by atoms with Crippen molar-refractivity contribution in [1.82, 2.24) is 15.5 Å². The summed E-state index contributed by atoms with van der Waals surface area (Å²) in [5, 5.41) is 18.9. The van der Waals surface area contributed by atoms with E-state index in [1.807, 2.05) is 30.3 Å². The van der Waals surface area contributed by atoms with Crippen LogP contribution in [0.5, 0.6) is 0 Å². The molecule has 1 heterocycles. The van der Waals surface area contributed by atoms with Crippen LogP contribution in [0, 0.1) is 0 Å². The average Bonchev–Trinajstić information content (AvgIpc) is 2.89. The second-order valence-corrected chi connectivity index (χ2v) is 4.12. The lowest BCUT2D eigenvalue weighted by Gasteiger charge is -2.13. The normalized spacial score (nSPS) is 12.1. The van der Waals surface area contributed by atoms with Gasteiger partial charge in [-0.25, -0.2) is 4.79 Å². The molecule has 1 aromatic heterocycles. The molecular weight excluding hydrogens is 262 g/mol. The van der Waals surface area contributed by atoms with Crippen molar-refractivity contribution in [2.24, 2.45) is 0 Å². The zero-order valence-electron chi connectivity index (χ0n) is 10.9. The molecule has 2 N–H and O–H groups in total. The van der Waals surface area contributed by atoms with Gasteiger partial charge in [0, 0.05) is 13.7 Å². The number of rotatable bonds is 6. The number of carbonyl (C=O) groups is 1. The highest BCUT2D eigenvalue weighted by Crippen LogP contribution is 2.23. The van der Waals surface area contributed by atoms with E-state index in [0.717, 1.165) is 5.56 Å². The van der Waals surface area contributed by atoms with E-state index in [1.54, 1.807) is 0 Å². The van der Waals surface area contributed by atoms with Gasteiger partial charge in [-0.1, -0.05) is 30.3 Å². The largest absolute Gasteiger partial charge is 0.465 e. The van der Waals surface area contributed by atoms with Gasteiger partial charge >= 0.3 is 6.09 Å². The fourth-order valence-electron chi connectivity index (χ4n) is 1.81. The van der Waals surface area contributed by atoms with E-state index < -0.39 is 6.09 Å². The second kappa shape index (κ2) is 6.67. The Labute approximate surface area is 115 Å². The van der Waals surface area contributed by atoms with Gasteiger partial charge in [0.2, 0.25) is 11.8 Å². The number of amides is 1. The quantitative estimate of drug-likeness (QED) is 0.832. The Morgan fingerprint density at radius 3 is 2.80 bits per heavy atom. The predicted octanol–water partition coefficient (Wildman–Crippen LogP) is 1.62. The highest BCUT2D eigenvalue weighted by Gasteiger charge is 2.21. The van der Waals surface area contributed by atoms with Crippen LogP contribution < -0.4 is 5.32 Å². The average molecular weight is 277 g/mol. The smallest absolute Gasteiger partial charge is 0.404 e. The van der Waals surface area contributed by atoms with Crippen molar-refractivity contribution in [2.75, 3.05) is 13.7 Å². The molecule has 0 aliphatic rings. The summed E-state index contributed by atoms with van der Waals surface area (Å²) in [5.74, 6) is 0.390. The number of nitrogens with one attached hydrogen (secondary N) is 1. The monoisotopic (exact) mass is 277 g/mol. The summed E-state index contributed by atoms with van der Waals surface area (Å²) in [6.07, 6.45) is -1.09. The standard InChI is InChI=1S/C13H15N3O4/c1-19-8-11-15-16-12(20-11)10(7-14-13(17)18)9-5-3-2-4-6-9/h2-6,10,14H,7-8H2,1H3,(H,17,18). The van der Waals surface area contributed by atoms with Crippen LogP contribution in [0.25, 0.3) is 0 Å². The lowest BCUT2D eigenvalue weighted by molar-refractivity contribution is 0.157. The lowest BCUT2D eigenvalue weighted by atomic mass is 9.99. The highest BCUT2D eigenvalue weighted by molar-refractivity contribution is 5.64. The molecule has 1 unspecified atom stereocenters. The SMILES string of the molecule is COCc1nnc(C(CNC(=O)O)c2ccccc2)o1. The molecule has 7 heteroatoms. The highest BCUT2D eigenvalue weighted by atomic mass is 16.5. The maximum absolute atomic E-state index is 10.7. The third kappa shape index (κ3) is 3.55. The van der Waals surface area contributed by atoms with Gasteiger partial charge in [0.1, 0.15) is 6.61 Å². The summed E-state index contributed by atoms with van der Waals surface area (Å²) in [6, 6.07) is 9.39. The number of nitrogens with zero attached hydrogens (tertiary/aromatic N) is 2. The van der Waals surface area contributed by atoms with Crippen molar-refractivity contribution in [3.05, 3.63) is 47.7 Å². The topological polar surface area (TPSA) is 97.5 Å². The number of ether oxygens (including phenoxy) is 1. The molecule has 2 rings (SSSR count). The summed E-state index contributed by atoms with van der Waals surface area (Å²) in [5.41, 5.74) is 0.897. The molecule has 106 valence electrons. The molecule has 1 atom stereocenters. The Kier molecular flexibility index (Phi) is 4.67. The van der Waals surface area contributed by atoms with Crippen LogP contribution in [-0.4, -0.2) is 35.1 Å². The van der Waals surface area contributed by atoms with Crippen LogP contribution in [0.4, 0.5) is 4.79 Å². The van der Waals surface area contributed by atoms with Crippen LogP contribution >= 0.6 is 0 Å². The molecule has 0 fully saturated rings. The third-order valence-corrected chi connectivity index (χ3v) is 2.71. The molecular formula is C13H15N3O4.